The predicted molar refractivity (Wildman–Crippen MR) is 297 cm³/mol. The molecular formula is C50H67BrN10O8S2Si2. The second kappa shape index (κ2) is 25.1. The Morgan fingerprint density at radius 2 is 1.03 bits per heavy atom. The molecule has 0 saturated carbocycles. The predicted octanol–water partition coefficient (Wildman–Crippen LogP) is 8.94. The Morgan fingerprint density at radius 3 is 1.45 bits per heavy atom. The zero-order chi connectivity index (χ0) is 54.6. The van der Waals surface area contributed by atoms with Crippen molar-refractivity contribution in [3.05, 3.63) is 147 Å². The van der Waals surface area contributed by atoms with Crippen LogP contribution in [0.25, 0.3) is 40.4 Å². The lowest BCUT2D eigenvalue weighted by Gasteiger charge is -2.35. The summed E-state index contributed by atoms with van der Waals surface area (Å²) in [5.41, 5.74) is 2.63. The lowest BCUT2D eigenvalue weighted by Crippen LogP contribution is -2.40. The maximum Gasteiger partial charge on any atom is 0.281 e. The Hall–Kier alpha value is -5.51. The van der Waals surface area contributed by atoms with Gasteiger partial charge in [-0.3, -0.25) is 14.2 Å². The van der Waals surface area contributed by atoms with Crippen LogP contribution in [0.1, 0.15) is 52.9 Å². The Labute approximate surface area is 440 Å². The van der Waals surface area contributed by atoms with Crippen molar-refractivity contribution < 1.29 is 25.7 Å². The summed E-state index contributed by atoms with van der Waals surface area (Å²) in [4.78, 5) is 53.2. The van der Waals surface area contributed by atoms with Gasteiger partial charge in [-0.25, -0.2) is 55.3 Å². The van der Waals surface area contributed by atoms with E-state index in [0.717, 1.165) is 8.78 Å². The fraction of sp³-hybridized carbons (Fsp3) is 0.360. The summed E-state index contributed by atoms with van der Waals surface area (Å²) < 4.78 is 64.9. The highest BCUT2D eigenvalue weighted by atomic mass is 79.9. The molecule has 0 saturated heterocycles. The first-order valence-corrected chi connectivity index (χ1v) is 32.4. The van der Waals surface area contributed by atoms with Crippen molar-refractivity contribution in [2.24, 2.45) is 0 Å². The van der Waals surface area contributed by atoms with Crippen LogP contribution in [0.4, 0.5) is 0 Å². The van der Waals surface area contributed by atoms with E-state index < -0.39 is 36.7 Å². The van der Waals surface area contributed by atoms with Crippen molar-refractivity contribution in [1.82, 2.24) is 48.1 Å². The smallest absolute Gasteiger partial charge is 0.281 e. The molecule has 0 aliphatic heterocycles. The number of aromatic nitrogens is 8. The van der Waals surface area contributed by atoms with Gasteiger partial charge in [-0.15, -0.1) is 0 Å². The Balaban J connectivity index is 0.000000267. The molecule has 392 valence electrons. The minimum absolute atomic E-state index is 0.0963. The van der Waals surface area contributed by atoms with E-state index in [1.807, 2.05) is 18.2 Å². The number of H-pyrrole nitrogens is 1. The molecule has 4 aromatic heterocycles. The van der Waals surface area contributed by atoms with Gasteiger partial charge in [0.05, 0.1) is 34.4 Å². The molecule has 0 unspecified atom stereocenters. The average molecular weight is 1140 g/mol. The van der Waals surface area contributed by atoms with Crippen LogP contribution in [-0.4, -0.2) is 123 Å². The number of rotatable bonds is 15. The molecule has 0 aliphatic carbocycles. The summed E-state index contributed by atoms with van der Waals surface area (Å²) in [6.45, 7) is 22.9. The topological polar surface area (TPSA) is 225 Å². The molecule has 0 bridgehead atoms. The number of benzene rings is 2. The monoisotopic (exact) mass is 1130 g/mol. The first-order chi connectivity index (χ1) is 33.9. The maximum absolute atomic E-state index is 13.4. The van der Waals surface area contributed by atoms with Gasteiger partial charge >= 0.3 is 0 Å². The van der Waals surface area contributed by atoms with E-state index >= 15 is 0 Å². The summed E-state index contributed by atoms with van der Waals surface area (Å²) in [6, 6.07) is 12.7. The van der Waals surface area contributed by atoms with E-state index in [4.69, 9.17) is 8.85 Å². The number of hydrogen-bond acceptors (Lipinski definition) is 14. The Morgan fingerprint density at radius 1 is 0.630 bits per heavy atom. The average Bonchev–Trinajstić information content (AvgIpc) is 3.33. The van der Waals surface area contributed by atoms with Crippen LogP contribution in [-0.2, 0) is 28.9 Å². The number of nitrogens with one attached hydrogen (secondary N) is 1. The van der Waals surface area contributed by atoms with Gasteiger partial charge in [0.1, 0.15) is 24.0 Å². The second-order valence-electron chi connectivity index (χ2n) is 19.9. The van der Waals surface area contributed by atoms with Crippen LogP contribution < -0.4 is 11.1 Å². The zero-order valence-corrected chi connectivity index (χ0v) is 49.2. The summed E-state index contributed by atoms with van der Waals surface area (Å²) in [6.07, 6.45) is 19.7. The fourth-order valence-corrected chi connectivity index (χ4v) is 9.56. The van der Waals surface area contributed by atoms with E-state index in [1.54, 1.807) is 67.3 Å². The fourth-order valence-electron chi connectivity index (χ4n) is 5.61. The zero-order valence-electron chi connectivity index (χ0n) is 43.9. The van der Waals surface area contributed by atoms with Gasteiger partial charge in [-0.05, 0) is 96.9 Å². The third-order valence-corrected chi connectivity index (χ3v) is 25.3. The van der Waals surface area contributed by atoms with E-state index in [-0.39, 0.29) is 31.8 Å². The lowest BCUT2D eigenvalue weighted by atomic mass is 10.2. The number of sulfonamides is 2. The van der Waals surface area contributed by atoms with E-state index in [9.17, 15) is 26.4 Å². The van der Waals surface area contributed by atoms with Crippen molar-refractivity contribution in [2.45, 2.75) is 87.6 Å². The number of hydrogen-bond donors (Lipinski definition) is 1. The van der Waals surface area contributed by atoms with Gasteiger partial charge in [0, 0.05) is 86.7 Å². The third-order valence-electron chi connectivity index (χ3n) is 12.2. The SMILES string of the molecule is CC(C)(C)[Si](C)(C)OC/C=C/c1c[nH]c(=O)c(-c2cncnc2)n1.CN(C)S(=O)(=O)c1ccc(-n2cc(/C=C/CO[Si](C)(C)C(C)(C)C)nc(-c3cncnc3)c2=O)cc1.CN(C)S(=O)(=O)c1ccc(Br)cc1. The first kappa shape index (κ1) is 60.1. The third kappa shape index (κ3) is 16.5. The molecule has 0 radical (unpaired) electrons. The van der Waals surface area contributed by atoms with Crippen molar-refractivity contribution in [1.29, 1.82) is 0 Å². The molecule has 6 aromatic rings. The van der Waals surface area contributed by atoms with Gasteiger partial charge < -0.3 is 13.8 Å². The first-order valence-electron chi connectivity index (χ1n) is 23.0. The van der Waals surface area contributed by atoms with Gasteiger partial charge in [0.15, 0.2) is 16.6 Å². The molecular weight excluding hydrogens is 1070 g/mol. The van der Waals surface area contributed by atoms with Crippen LogP contribution in [0.2, 0.25) is 36.3 Å². The molecule has 6 rings (SSSR count). The van der Waals surface area contributed by atoms with Crippen molar-refractivity contribution in [3.8, 4) is 28.2 Å². The van der Waals surface area contributed by atoms with Gasteiger partial charge in [-0.2, -0.15) is 0 Å². The van der Waals surface area contributed by atoms with E-state index in [2.05, 4.69) is 119 Å². The normalized spacial score (nSPS) is 12.7. The summed E-state index contributed by atoms with van der Waals surface area (Å²) in [7, 11) is -4.57. The quantitative estimate of drug-likeness (QED) is 0.0948. The minimum atomic E-state index is -3.59. The van der Waals surface area contributed by atoms with Crippen LogP contribution >= 0.6 is 15.9 Å². The molecule has 23 heteroatoms. The van der Waals surface area contributed by atoms with Crippen LogP contribution in [0.5, 0.6) is 0 Å². The van der Waals surface area contributed by atoms with Gasteiger partial charge in [-0.1, -0.05) is 69.6 Å². The molecule has 18 nitrogen and oxygen atoms in total. The molecule has 0 atom stereocenters. The molecule has 4 heterocycles. The van der Waals surface area contributed by atoms with Gasteiger partial charge in [0.2, 0.25) is 20.0 Å². The van der Waals surface area contributed by atoms with Crippen LogP contribution in [0.3, 0.4) is 0 Å². The lowest BCUT2D eigenvalue weighted by molar-refractivity contribution is 0.328. The molecule has 0 aliphatic rings. The van der Waals surface area contributed by atoms with E-state index in [1.165, 1.54) is 74.2 Å². The number of halogens is 1. The molecule has 2 aromatic carbocycles. The molecule has 1 N–H and O–H groups in total. The van der Waals surface area contributed by atoms with Gasteiger partial charge in [0.25, 0.3) is 11.1 Å². The standard InChI is InChI=1S/C25H33N5O4SSi.C17H24N4O2Si.C8H10BrNO2S/c1-25(2,3)36(6,7)34-14-8-9-20-17-30(24(31)23(28-20)19-15-26-18-27-16-19)21-10-12-22(13-11-21)35(32,33)29(4)5;1-17(2,3)24(4,5)23-8-6-7-14-11-20-16(22)15(21-14)13-9-18-12-19-10-13;1-10(2)13(11,12)8-5-3-7(9)4-6-8/h8-13,15-18H,14H2,1-7H3;6-7,9-12H,8H2,1-5H3,(H,20,22);3-6H,1-2H3/b9-8+;7-6+;. The van der Waals surface area contributed by atoms with Crippen molar-refractivity contribution in [3.63, 3.8) is 0 Å². The molecule has 73 heavy (non-hydrogen) atoms. The largest absolute Gasteiger partial charge is 0.413 e. The summed E-state index contributed by atoms with van der Waals surface area (Å²) in [5, 5.41) is 0.274. The maximum atomic E-state index is 13.4. The highest BCUT2D eigenvalue weighted by Crippen LogP contribution is 2.37. The molecule has 0 fully saturated rings. The van der Waals surface area contributed by atoms with Crippen molar-refractivity contribution >= 4 is 64.8 Å². The number of aromatic amines is 1. The van der Waals surface area contributed by atoms with Crippen LogP contribution in [0.15, 0.2) is 134 Å². The minimum Gasteiger partial charge on any atom is -0.413 e. The Kier molecular flexibility index (Phi) is 20.7. The van der Waals surface area contributed by atoms with Crippen molar-refractivity contribution in [2.75, 3.05) is 41.4 Å². The Bertz CT molecular complexity index is 3180. The second-order valence-corrected chi connectivity index (χ2v) is 34.8. The summed E-state index contributed by atoms with van der Waals surface area (Å²) in [5.74, 6) is 0. The number of nitrogens with zero attached hydrogens (tertiary/aromatic N) is 9. The van der Waals surface area contributed by atoms with Crippen LogP contribution in [0, 0.1) is 0 Å². The highest BCUT2D eigenvalue weighted by molar-refractivity contribution is 9.10. The van der Waals surface area contributed by atoms with E-state index in [0.29, 0.717) is 52.0 Å². The molecule has 0 spiro atoms. The highest BCUT2D eigenvalue weighted by Gasteiger charge is 2.37. The molecule has 0 amide bonds. The summed E-state index contributed by atoms with van der Waals surface area (Å²) >= 11 is 3.24.